The minimum atomic E-state index is -0.0830. The number of aromatic nitrogens is 6. The maximum Gasteiger partial charge on any atom is 0.227 e. The van der Waals surface area contributed by atoms with Gasteiger partial charge in [0.25, 0.3) is 0 Å². The summed E-state index contributed by atoms with van der Waals surface area (Å²) in [5, 5.41) is 18.2. The fourth-order valence-electron chi connectivity index (χ4n) is 4.44. The third-order valence-electron chi connectivity index (χ3n) is 6.76. The molecule has 6 N–H and O–H groups in total. The Morgan fingerprint density at radius 3 is 1.34 bits per heavy atom. The van der Waals surface area contributed by atoms with Crippen LogP contribution in [0.4, 0.5) is 23.8 Å². The van der Waals surface area contributed by atoms with E-state index >= 15 is 0 Å². The van der Waals surface area contributed by atoms with Crippen LogP contribution in [-0.2, 0) is 22.7 Å². The van der Waals surface area contributed by atoms with Gasteiger partial charge >= 0.3 is 0 Å². The van der Waals surface area contributed by atoms with Crippen molar-refractivity contribution in [2.24, 2.45) is 0 Å². The Labute approximate surface area is 256 Å². The van der Waals surface area contributed by atoms with Crippen LogP contribution in [0.5, 0.6) is 0 Å². The number of carbonyl (C=O) groups is 2. The van der Waals surface area contributed by atoms with Gasteiger partial charge < -0.3 is 31.9 Å². The maximum absolute atomic E-state index is 11.0. The summed E-state index contributed by atoms with van der Waals surface area (Å²) < 4.78 is 0. The van der Waals surface area contributed by atoms with Crippen LogP contribution in [0.25, 0.3) is 11.1 Å². The van der Waals surface area contributed by atoms with Gasteiger partial charge in [-0.15, -0.1) is 0 Å². The third-order valence-corrected chi connectivity index (χ3v) is 6.76. The summed E-state index contributed by atoms with van der Waals surface area (Å²) in [6, 6.07) is 12.5. The van der Waals surface area contributed by atoms with Crippen molar-refractivity contribution in [3.63, 3.8) is 0 Å². The van der Waals surface area contributed by atoms with Crippen LogP contribution in [0.15, 0.2) is 49.1 Å². The first-order chi connectivity index (χ1) is 21.3. The average Bonchev–Trinajstić information content (AvgIpc) is 3.01. The lowest BCUT2D eigenvalue weighted by molar-refractivity contribution is -0.119. The minimum absolute atomic E-state index is 0.0830. The molecule has 0 aliphatic carbocycles. The fourth-order valence-corrected chi connectivity index (χ4v) is 4.44. The molecule has 14 nitrogen and oxygen atoms in total. The first kappa shape index (κ1) is 31.5. The molecule has 0 aliphatic heterocycles. The Hall–Kier alpha value is -5.40. The van der Waals surface area contributed by atoms with E-state index in [-0.39, 0.29) is 11.8 Å². The summed E-state index contributed by atoms with van der Waals surface area (Å²) in [6.07, 6.45) is 2.90. The molecule has 0 spiro atoms. The van der Waals surface area contributed by atoms with Crippen molar-refractivity contribution in [3.05, 3.63) is 71.3 Å². The van der Waals surface area contributed by atoms with Crippen LogP contribution in [0.1, 0.15) is 36.1 Å². The predicted molar refractivity (Wildman–Crippen MR) is 170 cm³/mol. The molecule has 2 aromatic heterocycles. The number of carbonyl (C=O) groups excluding carboxylic acids is 2. The number of rotatable bonds is 15. The molecule has 2 aromatic carbocycles. The maximum atomic E-state index is 11.0. The van der Waals surface area contributed by atoms with Crippen LogP contribution in [0, 0.1) is 13.8 Å². The highest BCUT2D eigenvalue weighted by Crippen LogP contribution is 2.30. The lowest BCUT2D eigenvalue weighted by Crippen LogP contribution is -2.26. The van der Waals surface area contributed by atoms with E-state index in [0.29, 0.717) is 63.1 Å². The molecular formula is C30H38N12O2. The van der Waals surface area contributed by atoms with E-state index in [1.807, 2.05) is 0 Å². The zero-order chi connectivity index (χ0) is 31.3. The molecule has 0 fully saturated rings. The SMILES string of the molecule is CC(=O)NCCNc1ncnc(NCc2cccc(-c3cccc(CNc4ncnc(NCCNC(C)=O)n4)c3C)c2C)n1. The van der Waals surface area contributed by atoms with E-state index in [0.717, 1.165) is 33.4 Å². The normalized spacial score (nSPS) is 10.5. The second kappa shape index (κ2) is 15.7. The summed E-state index contributed by atoms with van der Waals surface area (Å²) in [5.41, 5.74) is 6.84. The lowest BCUT2D eigenvalue weighted by Gasteiger charge is -2.17. The first-order valence-corrected chi connectivity index (χ1v) is 14.3. The Bertz CT molecular complexity index is 1460. The van der Waals surface area contributed by atoms with Crippen molar-refractivity contribution in [2.75, 3.05) is 47.4 Å². The van der Waals surface area contributed by atoms with Gasteiger partial charge in [-0.1, -0.05) is 36.4 Å². The van der Waals surface area contributed by atoms with Crippen molar-refractivity contribution in [3.8, 4) is 11.1 Å². The topological polar surface area (TPSA) is 184 Å². The molecule has 0 radical (unpaired) electrons. The molecule has 0 saturated carbocycles. The summed E-state index contributed by atoms with van der Waals surface area (Å²) in [4.78, 5) is 47.7. The number of nitrogens with one attached hydrogen (secondary N) is 6. The third kappa shape index (κ3) is 9.31. The van der Waals surface area contributed by atoms with Gasteiger partial charge in [0.1, 0.15) is 12.7 Å². The Morgan fingerprint density at radius 2 is 0.955 bits per heavy atom. The van der Waals surface area contributed by atoms with Gasteiger partial charge in [0, 0.05) is 53.1 Å². The molecule has 44 heavy (non-hydrogen) atoms. The van der Waals surface area contributed by atoms with E-state index in [2.05, 4.69) is 112 Å². The van der Waals surface area contributed by atoms with Crippen molar-refractivity contribution in [1.29, 1.82) is 0 Å². The number of hydrogen-bond acceptors (Lipinski definition) is 12. The van der Waals surface area contributed by atoms with Crippen LogP contribution in [-0.4, -0.2) is 67.9 Å². The fraction of sp³-hybridized carbons (Fsp3) is 0.333. The highest BCUT2D eigenvalue weighted by atomic mass is 16.2. The molecule has 0 bridgehead atoms. The molecule has 0 aliphatic rings. The molecular weight excluding hydrogens is 560 g/mol. The number of benzene rings is 2. The summed E-state index contributed by atoms with van der Waals surface area (Å²) in [5.74, 6) is 1.62. The molecule has 2 amide bonds. The summed E-state index contributed by atoms with van der Waals surface area (Å²) >= 11 is 0. The van der Waals surface area contributed by atoms with E-state index in [1.165, 1.54) is 26.5 Å². The molecule has 14 heteroatoms. The molecule has 230 valence electrons. The van der Waals surface area contributed by atoms with Gasteiger partial charge in [-0.05, 0) is 47.2 Å². The molecule has 4 aromatic rings. The Morgan fingerprint density at radius 1 is 0.568 bits per heavy atom. The van der Waals surface area contributed by atoms with Gasteiger partial charge in [0.15, 0.2) is 0 Å². The van der Waals surface area contributed by atoms with E-state index < -0.39 is 0 Å². The molecule has 0 atom stereocenters. The second-order valence-electron chi connectivity index (χ2n) is 9.97. The lowest BCUT2D eigenvalue weighted by atomic mass is 9.91. The average molecular weight is 599 g/mol. The van der Waals surface area contributed by atoms with Crippen molar-refractivity contribution >= 4 is 35.6 Å². The summed E-state index contributed by atoms with van der Waals surface area (Å²) in [7, 11) is 0. The second-order valence-corrected chi connectivity index (χ2v) is 9.97. The van der Waals surface area contributed by atoms with Crippen molar-refractivity contribution in [2.45, 2.75) is 40.8 Å². The van der Waals surface area contributed by atoms with Crippen LogP contribution in [0.3, 0.4) is 0 Å². The Balaban J connectivity index is 1.39. The summed E-state index contributed by atoms with van der Waals surface area (Å²) in [6.45, 7) is 10.2. The standard InChI is InChI=1S/C30H38N12O2/c1-19-23(15-35-29-39-17-37-27(41-29)33-13-11-31-21(3)43)7-5-9-25(19)26-10-6-8-24(20(26)2)16-36-30-40-18-38-28(42-30)34-14-12-32-22(4)44/h5-10,17-18H,11-16H2,1-4H3,(H,31,43)(H,32,44)(H2,33,35,37,39,41)(H2,34,36,38,40,42). The highest BCUT2D eigenvalue weighted by Gasteiger charge is 2.12. The van der Waals surface area contributed by atoms with Crippen LogP contribution >= 0.6 is 0 Å². The van der Waals surface area contributed by atoms with E-state index in [4.69, 9.17) is 0 Å². The number of anilines is 4. The number of amides is 2. The van der Waals surface area contributed by atoms with Gasteiger partial charge in [0.2, 0.25) is 35.6 Å². The van der Waals surface area contributed by atoms with Crippen molar-refractivity contribution < 1.29 is 9.59 Å². The number of hydrogen-bond donors (Lipinski definition) is 6. The number of nitrogens with zero attached hydrogens (tertiary/aromatic N) is 6. The van der Waals surface area contributed by atoms with Gasteiger partial charge in [0.05, 0.1) is 0 Å². The monoisotopic (exact) mass is 598 g/mol. The van der Waals surface area contributed by atoms with Crippen LogP contribution in [0.2, 0.25) is 0 Å². The molecule has 4 rings (SSSR count). The zero-order valence-electron chi connectivity index (χ0n) is 25.4. The van der Waals surface area contributed by atoms with Gasteiger partial charge in [-0.25, -0.2) is 19.9 Å². The first-order valence-electron chi connectivity index (χ1n) is 14.3. The Kier molecular flexibility index (Phi) is 11.3. The molecule has 0 unspecified atom stereocenters. The smallest absolute Gasteiger partial charge is 0.227 e. The van der Waals surface area contributed by atoms with E-state index in [9.17, 15) is 9.59 Å². The quantitative estimate of drug-likeness (QED) is 0.110. The van der Waals surface area contributed by atoms with Crippen LogP contribution < -0.4 is 31.9 Å². The molecule has 2 heterocycles. The van der Waals surface area contributed by atoms with Gasteiger partial charge in [-0.2, -0.15) is 9.97 Å². The van der Waals surface area contributed by atoms with E-state index in [1.54, 1.807) is 0 Å². The van der Waals surface area contributed by atoms with Crippen molar-refractivity contribution in [1.82, 2.24) is 40.5 Å². The molecule has 0 saturated heterocycles. The minimum Gasteiger partial charge on any atom is -0.355 e. The highest BCUT2D eigenvalue weighted by molar-refractivity contribution is 5.73. The largest absolute Gasteiger partial charge is 0.355 e. The zero-order valence-corrected chi connectivity index (χ0v) is 25.4. The van der Waals surface area contributed by atoms with Gasteiger partial charge in [-0.3, -0.25) is 9.59 Å². The predicted octanol–water partition coefficient (Wildman–Crippen LogP) is 2.66.